The van der Waals surface area contributed by atoms with Crippen molar-refractivity contribution in [3.05, 3.63) is 73.1 Å². The molecule has 0 unspecified atom stereocenters. The van der Waals surface area contributed by atoms with E-state index in [4.69, 9.17) is 4.74 Å². The lowest BCUT2D eigenvalue weighted by Crippen LogP contribution is -2.03. The molecule has 0 saturated carbocycles. The number of benzene rings is 1. The lowest BCUT2D eigenvalue weighted by atomic mass is 10.2. The fourth-order valence-corrected chi connectivity index (χ4v) is 2.75. The van der Waals surface area contributed by atoms with Crippen LogP contribution >= 0.6 is 0 Å². The third-order valence-corrected chi connectivity index (χ3v) is 4.08. The smallest absolute Gasteiger partial charge is 0.316 e. The summed E-state index contributed by atoms with van der Waals surface area (Å²) in [6, 6.07) is 10.4. The molecule has 1 aromatic carbocycles. The normalized spacial score (nSPS) is 10.8. The maximum Gasteiger partial charge on any atom is 0.316 e. The molecule has 0 aliphatic rings. The first-order chi connectivity index (χ1) is 12.8. The molecule has 0 atom stereocenters. The maximum absolute atomic E-state index is 5.00. The molecular weight excluding hydrogens is 328 g/mol. The van der Waals surface area contributed by atoms with Gasteiger partial charge in [-0.2, -0.15) is 5.10 Å². The highest BCUT2D eigenvalue weighted by Crippen LogP contribution is 2.17. The van der Waals surface area contributed by atoms with E-state index in [1.165, 1.54) is 5.56 Å². The van der Waals surface area contributed by atoms with Gasteiger partial charge in [-0.15, -0.1) is 0 Å². The first-order valence-corrected chi connectivity index (χ1v) is 8.30. The largest absolute Gasteiger partial charge is 0.467 e. The van der Waals surface area contributed by atoms with E-state index in [0.717, 1.165) is 30.0 Å². The van der Waals surface area contributed by atoms with Crippen molar-refractivity contribution >= 4 is 0 Å². The number of aryl methyl sites for hydroxylation is 2. The molecule has 0 aliphatic carbocycles. The molecular formula is C19H18N6O. The van der Waals surface area contributed by atoms with Gasteiger partial charge in [-0.25, -0.2) is 19.6 Å². The molecule has 3 aromatic heterocycles. The van der Waals surface area contributed by atoms with Gasteiger partial charge in [-0.3, -0.25) is 0 Å². The molecule has 7 nitrogen and oxygen atoms in total. The van der Waals surface area contributed by atoms with Gasteiger partial charge in [0.15, 0.2) is 0 Å². The highest BCUT2D eigenvalue weighted by atomic mass is 16.5. The summed E-state index contributed by atoms with van der Waals surface area (Å²) >= 11 is 0. The summed E-state index contributed by atoms with van der Waals surface area (Å²) in [5.41, 5.74) is 3.08. The van der Waals surface area contributed by atoms with Gasteiger partial charge in [0.05, 0.1) is 24.6 Å². The standard InChI is InChI=1S/C19H18N6O/c1-26-19-21-12-16(13-22-19)18-20-8-10-24(18)9-7-15-11-23-25(14-15)17-5-3-2-4-6-17/h2-6,8,10-14H,7,9H2,1H3. The van der Waals surface area contributed by atoms with Gasteiger partial charge in [0.25, 0.3) is 0 Å². The van der Waals surface area contributed by atoms with Crippen LogP contribution in [-0.2, 0) is 13.0 Å². The summed E-state index contributed by atoms with van der Waals surface area (Å²) < 4.78 is 8.98. The number of methoxy groups -OCH3 is 1. The first kappa shape index (κ1) is 16.0. The highest BCUT2D eigenvalue weighted by Gasteiger charge is 2.08. The Morgan fingerprint density at radius 1 is 1.00 bits per heavy atom. The quantitative estimate of drug-likeness (QED) is 0.537. The van der Waals surface area contributed by atoms with E-state index >= 15 is 0 Å². The molecule has 0 N–H and O–H groups in total. The summed E-state index contributed by atoms with van der Waals surface area (Å²) in [5.74, 6) is 0.836. The van der Waals surface area contributed by atoms with Crippen LogP contribution in [0.3, 0.4) is 0 Å². The van der Waals surface area contributed by atoms with Crippen LogP contribution in [0.1, 0.15) is 5.56 Å². The SMILES string of the molecule is COc1ncc(-c2nccn2CCc2cnn(-c3ccccc3)c2)cn1. The fourth-order valence-electron chi connectivity index (χ4n) is 2.75. The van der Waals surface area contributed by atoms with E-state index in [1.807, 2.05) is 47.4 Å². The summed E-state index contributed by atoms with van der Waals surface area (Å²) in [6.45, 7) is 0.793. The van der Waals surface area contributed by atoms with Gasteiger partial charge in [0, 0.05) is 37.5 Å². The van der Waals surface area contributed by atoms with Gasteiger partial charge in [0.1, 0.15) is 5.82 Å². The minimum Gasteiger partial charge on any atom is -0.467 e. The maximum atomic E-state index is 5.00. The Labute approximate surface area is 150 Å². The van der Waals surface area contributed by atoms with Gasteiger partial charge < -0.3 is 9.30 Å². The van der Waals surface area contributed by atoms with Crippen molar-refractivity contribution in [1.82, 2.24) is 29.3 Å². The van der Waals surface area contributed by atoms with Gasteiger partial charge in [-0.05, 0) is 24.1 Å². The number of hydrogen-bond acceptors (Lipinski definition) is 5. The fraction of sp³-hybridized carbons (Fsp3) is 0.158. The topological polar surface area (TPSA) is 70.7 Å². The molecule has 0 aliphatic heterocycles. The summed E-state index contributed by atoms with van der Waals surface area (Å²) in [4.78, 5) is 12.7. The van der Waals surface area contributed by atoms with Crippen LogP contribution in [-0.4, -0.2) is 36.4 Å². The predicted octanol–water partition coefficient (Wildman–Crippen LogP) is 2.78. The number of hydrogen-bond donors (Lipinski definition) is 0. The van der Waals surface area contributed by atoms with Crippen molar-refractivity contribution < 1.29 is 4.74 Å². The molecule has 130 valence electrons. The molecule has 26 heavy (non-hydrogen) atoms. The zero-order valence-corrected chi connectivity index (χ0v) is 14.4. The molecule has 0 saturated heterocycles. The van der Waals surface area contributed by atoms with E-state index in [-0.39, 0.29) is 0 Å². The van der Waals surface area contributed by atoms with Crippen molar-refractivity contribution in [3.8, 4) is 23.1 Å². The van der Waals surface area contributed by atoms with Crippen LogP contribution in [0, 0.1) is 0 Å². The second-order valence-electron chi connectivity index (χ2n) is 5.78. The van der Waals surface area contributed by atoms with Crippen molar-refractivity contribution in [1.29, 1.82) is 0 Å². The number of aromatic nitrogens is 6. The average Bonchev–Trinajstić information content (AvgIpc) is 3.36. The third kappa shape index (κ3) is 3.32. The van der Waals surface area contributed by atoms with Gasteiger partial charge >= 0.3 is 6.01 Å². The second-order valence-corrected chi connectivity index (χ2v) is 5.78. The van der Waals surface area contributed by atoms with E-state index in [2.05, 4.69) is 30.8 Å². The Kier molecular flexibility index (Phi) is 4.42. The summed E-state index contributed by atoms with van der Waals surface area (Å²) in [6.07, 6.45) is 12.0. The molecule has 4 rings (SSSR count). The van der Waals surface area contributed by atoms with E-state index in [9.17, 15) is 0 Å². The Morgan fingerprint density at radius 3 is 2.58 bits per heavy atom. The van der Waals surface area contributed by atoms with Gasteiger partial charge in [0.2, 0.25) is 0 Å². The molecule has 0 bridgehead atoms. The first-order valence-electron chi connectivity index (χ1n) is 8.30. The van der Waals surface area contributed by atoms with E-state index < -0.39 is 0 Å². The minimum absolute atomic E-state index is 0.347. The molecule has 0 fully saturated rings. The second kappa shape index (κ2) is 7.18. The number of ether oxygens (including phenoxy) is 1. The minimum atomic E-state index is 0.347. The molecule has 3 heterocycles. The zero-order chi connectivity index (χ0) is 17.8. The van der Waals surface area contributed by atoms with Crippen molar-refractivity contribution in [2.24, 2.45) is 0 Å². The third-order valence-electron chi connectivity index (χ3n) is 4.08. The highest BCUT2D eigenvalue weighted by molar-refractivity contribution is 5.52. The average molecular weight is 346 g/mol. The van der Waals surface area contributed by atoms with Crippen molar-refractivity contribution in [2.45, 2.75) is 13.0 Å². The number of nitrogens with zero attached hydrogens (tertiary/aromatic N) is 6. The Balaban J connectivity index is 1.47. The van der Waals surface area contributed by atoms with Crippen molar-refractivity contribution in [3.63, 3.8) is 0 Å². The zero-order valence-electron chi connectivity index (χ0n) is 14.4. The number of imidazole rings is 1. The predicted molar refractivity (Wildman–Crippen MR) is 97.1 cm³/mol. The monoisotopic (exact) mass is 346 g/mol. The van der Waals surface area contributed by atoms with E-state index in [0.29, 0.717) is 6.01 Å². The molecule has 7 heteroatoms. The summed E-state index contributed by atoms with van der Waals surface area (Å²) in [7, 11) is 1.55. The molecule has 4 aromatic rings. The number of para-hydroxylation sites is 1. The van der Waals surface area contributed by atoms with Crippen LogP contribution in [0.4, 0.5) is 0 Å². The molecule has 0 amide bonds. The van der Waals surface area contributed by atoms with Crippen LogP contribution in [0.15, 0.2) is 67.5 Å². The van der Waals surface area contributed by atoms with Crippen LogP contribution in [0.5, 0.6) is 6.01 Å². The van der Waals surface area contributed by atoms with Crippen molar-refractivity contribution in [2.75, 3.05) is 7.11 Å². The van der Waals surface area contributed by atoms with Crippen LogP contribution in [0.2, 0.25) is 0 Å². The van der Waals surface area contributed by atoms with Crippen LogP contribution < -0.4 is 4.74 Å². The number of rotatable bonds is 6. The Bertz CT molecular complexity index is 975. The molecule has 0 radical (unpaired) electrons. The Morgan fingerprint density at radius 2 is 1.81 bits per heavy atom. The summed E-state index contributed by atoms with van der Waals surface area (Å²) in [5, 5.41) is 4.44. The van der Waals surface area contributed by atoms with Gasteiger partial charge in [-0.1, -0.05) is 18.2 Å². The van der Waals surface area contributed by atoms with E-state index in [1.54, 1.807) is 25.7 Å². The lowest BCUT2D eigenvalue weighted by Gasteiger charge is -2.07. The molecule has 0 spiro atoms. The van der Waals surface area contributed by atoms with Crippen LogP contribution in [0.25, 0.3) is 17.1 Å². The lowest BCUT2D eigenvalue weighted by molar-refractivity contribution is 0.380. The Hall–Kier alpha value is -3.48.